The number of aliphatic hydroxyl groups excluding tert-OH is 1. The molecule has 1 aliphatic rings. The fourth-order valence-corrected chi connectivity index (χ4v) is 1.76. The van der Waals surface area contributed by atoms with Crippen LogP contribution < -0.4 is 0 Å². The van der Waals surface area contributed by atoms with Crippen molar-refractivity contribution in [3.63, 3.8) is 0 Å². The zero-order valence-corrected chi connectivity index (χ0v) is 10.2. The van der Waals surface area contributed by atoms with E-state index in [4.69, 9.17) is 4.74 Å². The van der Waals surface area contributed by atoms with E-state index < -0.39 is 17.7 Å². The van der Waals surface area contributed by atoms with E-state index in [1.54, 1.807) is 20.8 Å². The second kappa shape index (κ2) is 4.41. The van der Waals surface area contributed by atoms with Gasteiger partial charge in [0, 0.05) is 6.42 Å². The minimum absolute atomic E-state index is 0.0231. The number of carbonyl (C=O) groups excluding carboxylic acids is 2. The van der Waals surface area contributed by atoms with Gasteiger partial charge in [0.25, 0.3) is 0 Å². The molecule has 0 aromatic rings. The molecule has 1 saturated heterocycles. The molecule has 1 N–H and O–H groups in total. The first-order valence-electron chi connectivity index (χ1n) is 5.42. The Bertz CT molecular complexity index is 295. The Balaban J connectivity index is 2.78. The van der Waals surface area contributed by atoms with Crippen LogP contribution in [-0.4, -0.2) is 40.3 Å². The second-order valence-electron chi connectivity index (χ2n) is 5.18. The van der Waals surface area contributed by atoms with E-state index in [0.717, 1.165) is 4.90 Å². The van der Waals surface area contributed by atoms with E-state index in [-0.39, 0.29) is 24.9 Å². The second-order valence-corrected chi connectivity index (χ2v) is 5.18. The minimum atomic E-state index is -0.666. The molecule has 5 nitrogen and oxygen atoms in total. The molecular weight excluding hydrogens is 210 g/mol. The summed E-state index contributed by atoms with van der Waals surface area (Å²) in [4.78, 5) is 24.4. The van der Waals surface area contributed by atoms with E-state index in [1.165, 1.54) is 0 Å². The van der Waals surface area contributed by atoms with Crippen molar-refractivity contribution >= 4 is 12.0 Å². The number of likely N-dealkylation sites (tertiary alicyclic amines) is 1. The minimum Gasteiger partial charge on any atom is -0.443 e. The van der Waals surface area contributed by atoms with Gasteiger partial charge in [-0.2, -0.15) is 0 Å². The Morgan fingerprint density at radius 2 is 2.12 bits per heavy atom. The normalized spacial score (nSPS) is 26.1. The molecule has 0 unspecified atom stereocenters. The van der Waals surface area contributed by atoms with Gasteiger partial charge < -0.3 is 9.84 Å². The van der Waals surface area contributed by atoms with Crippen LogP contribution in [-0.2, 0) is 9.53 Å². The third kappa shape index (κ3) is 2.72. The fourth-order valence-electron chi connectivity index (χ4n) is 1.76. The Morgan fingerprint density at radius 1 is 1.56 bits per heavy atom. The highest BCUT2D eigenvalue weighted by atomic mass is 16.6. The number of ether oxygens (including phenoxy) is 1. The third-order valence-electron chi connectivity index (χ3n) is 2.53. The number of carbonyl (C=O) groups is 2. The van der Waals surface area contributed by atoms with Crippen LogP contribution in [0.5, 0.6) is 0 Å². The zero-order valence-electron chi connectivity index (χ0n) is 10.2. The quantitative estimate of drug-likeness (QED) is 0.732. The first-order chi connectivity index (χ1) is 7.26. The number of aliphatic hydroxyl groups is 1. The van der Waals surface area contributed by atoms with Gasteiger partial charge in [0.05, 0.1) is 12.6 Å². The summed E-state index contributed by atoms with van der Waals surface area (Å²) >= 11 is 0. The third-order valence-corrected chi connectivity index (χ3v) is 2.53. The standard InChI is InChI=1S/C11H19NO4/c1-7-5-9(14)12(8(7)6-13)10(15)16-11(2,3)4/h7-8,13H,5-6H2,1-4H3/t7-,8+/m0/s1. The number of imide groups is 1. The molecule has 2 atom stereocenters. The Labute approximate surface area is 95.4 Å². The molecule has 1 rings (SSSR count). The maximum Gasteiger partial charge on any atom is 0.417 e. The van der Waals surface area contributed by atoms with Crippen LogP contribution in [0.15, 0.2) is 0 Å². The van der Waals surface area contributed by atoms with Crippen molar-refractivity contribution in [1.29, 1.82) is 0 Å². The maximum atomic E-state index is 11.8. The van der Waals surface area contributed by atoms with Crippen molar-refractivity contribution < 1.29 is 19.4 Å². The summed E-state index contributed by atoms with van der Waals surface area (Å²) in [6.07, 6.45) is -0.384. The average molecular weight is 229 g/mol. The van der Waals surface area contributed by atoms with Crippen molar-refractivity contribution in [2.75, 3.05) is 6.61 Å². The molecule has 2 amide bonds. The van der Waals surface area contributed by atoms with Gasteiger partial charge in [-0.1, -0.05) is 6.92 Å². The van der Waals surface area contributed by atoms with Gasteiger partial charge in [0.2, 0.25) is 5.91 Å². The lowest BCUT2D eigenvalue weighted by molar-refractivity contribution is -0.128. The van der Waals surface area contributed by atoms with E-state index >= 15 is 0 Å². The summed E-state index contributed by atoms with van der Waals surface area (Å²) in [5.41, 5.74) is -0.636. The van der Waals surface area contributed by atoms with Gasteiger partial charge in [-0.05, 0) is 26.7 Å². The van der Waals surface area contributed by atoms with Crippen LogP contribution in [0.1, 0.15) is 34.1 Å². The molecule has 0 saturated carbocycles. The van der Waals surface area contributed by atoms with Crippen molar-refractivity contribution in [3.8, 4) is 0 Å². The summed E-state index contributed by atoms with van der Waals surface area (Å²) in [6.45, 7) is 6.84. The molecule has 5 heteroatoms. The first-order valence-corrected chi connectivity index (χ1v) is 5.42. The van der Waals surface area contributed by atoms with Crippen molar-refractivity contribution in [1.82, 2.24) is 4.90 Å². The first kappa shape index (κ1) is 13.0. The van der Waals surface area contributed by atoms with E-state index in [0.29, 0.717) is 0 Å². The molecule has 0 aliphatic carbocycles. The molecule has 0 spiro atoms. The summed E-state index contributed by atoms with van der Waals surface area (Å²) in [5.74, 6) is -0.300. The maximum absolute atomic E-state index is 11.8. The zero-order chi connectivity index (χ0) is 12.5. The van der Waals surface area contributed by atoms with Crippen LogP contribution in [0.25, 0.3) is 0 Å². The smallest absolute Gasteiger partial charge is 0.417 e. The van der Waals surface area contributed by atoms with Crippen LogP contribution in [0.4, 0.5) is 4.79 Å². The molecule has 92 valence electrons. The van der Waals surface area contributed by atoms with E-state index in [1.807, 2.05) is 6.92 Å². The Morgan fingerprint density at radius 3 is 2.56 bits per heavy atom. The predicted octanol–water partition coefficient (Wildman–Crippen LogP) is 1.15. The average Bonchev–Trinajstić information content (AvgIpc) is 2.37. The highest BCUT2D eigenvalue weighted by Gasteiger charge is 2.42. The van der Waals surface area contributed by atoms with Gasteiger partial charge in [-0.15, -0.1) is 0 Å². The number of nitrogens with zero attached hydrogens (tertiary/aromatic N) is 1. The summed E-state index contributed by atoms with van der Waals surface area (Å²) < 4.78 is 5.13. The summed E-state index contributed by atoms with van der Waals surface area (Å²) in [7, 11) is 0. The molecule has 0 aromatic heterocycles. The van der Waals surface area contributed by atoms with Crippen LogP contribution in [0.3, 0.4) is 0 Å². The van der Waals surface area contributed by atoms with Crippen LogP contribution in [0, 0.1) is 5.92 Å². The SMILES string of the molecule is C[C@H]1CC(=O)N(C(=O)OC(C)(C)C)[C@@H]1CO. The van der Waals surface area contributed by atoms with Gasteiger partial charge in [-0.25, -0.2) is 9.69 Å². The lowest BCUT2D eigenvalue weighted by atomic mass is 10.0. The summed E-state index contributed by atoms with van der Waals surface area (Å²) in [6, 6.07) is -0.456. The Kier molecular flexibility index (Phi) is 3.57. The number of hydrogen-bond donors (Lipinski definition) is 1. The van der Waals surface area contributed by atoms with Gasteiger partial charge in [0.15, 0.2) is 0 Å². The molecule has 0 bridgehead atoms. The molecule has 1 fully saturated rings. The van der Waals surface area contributed by atoms with E-state index in [2.05, 4.69) is 0 Å². The summed E-state index contributed by atoms with van der Waals surface area (Å²) in [5, 5.41) is 9.17. The molecule has 16 heavy (non-hydrogen) atoms. The van der Waals surface area contributed by atoms with Gasteiger partial charge >= 0.3 is 6.09 Å². The largest absolute Gasteiger partial charge is 0.443 e. The molecule has 1 heterocycles. The lowest BCUT2D eigenvalue weighted by Crippen LogP contribution is -2.44. The lowest BCUT2D eigenvalue weighted by Gasteiger charge is -2.27. The van der Waals surface area contributed by atoms with Crippen LogP contribution >= 0.6 is 0 Å². The number of amides is 2. The van der Waals surface area contributed by atoms with Gasteiger partial charge in [-0.3, -0.25) is 4.79 Å². The topological polar surface area (TPSA) is 66.8 Å². The predicted molar refractivity (Wildman–Crippen MR) is 57.7 cm³/mol. The van der Waals surface area contributed by atoms with Gasteiger partial charge in [0.1, 0.15) is 5.60 Å². The molecule has 0 radical (unpaired) electrons. The highest BCUT2D eigenvalue weighted by molar-refractivity contribution is 5.94. The monoisotopic (exact) mass is 229 g/mol. The van der Waals surface area contributed by atoms with Crippen molar-refractivity contribution in [3.05, 3.63) is 0 Å². The van der Waals surface area contributed by atoms with Crippen molar-refractivity contribution in [2.24, 2.45) is 5.92 Å². The molecule has 1 aliphatic heterocycles. The van der Waals surface area contributed by atoms with E-state index in [9.17, 15) is 14.7 Å². The molecular formula is C11H19NO4. The van der Waals surface area contributed by atoms with Crippen molar-refractivity contribution in [2.45, 2.75) is 45.8 Å². The number of rotatable bonds is 1. The Hall–Kier alpha value is -1.10. The highest BCUT2D eigenvalue weighted by Crippen LogP contribution is 2.26. The molecule has 0 aromatic carbocycles. The fraction of sp³-hybridized carbons (Fsp3) is 0.818. The number of hydrogen-bond acceptors (Lipinski definition) is 4. The van der Waals surface area contributed by atoms with Crippen LogP contribution in [0.2, 0.25) is 0 Å².